The van der Waals surface area contributed by atoms with Crippen LogP contribution in [0.5, 0.6) is 0 Å². The van der Waals surface area contributed by atoms with Gasteiger partial charge in [-0.25, -0.2) is 19.8 Å². The van der Waals surface area contributed by atoms with Crippen LogP contribution < -0.4 is 9.80 Å². The highest BCUT2D eigenvalue weighted by Crippen LogP contribution is 2.50. The topological polar surface area (TPSA) is 185 Å². The molecule has 0 saturated carbocycles. The summed E-state index contributed by atoms with van der Waals surface area (Å²) in [4.78, 5) is 130. The van der Waals surface area contributed by atoms with Gasteiger partial charge in [0.25, 0.3) is 47.3 Å². The van der Waals surface area contributed by atoms with Gasteiger partial charge in [0.1, 0.15) is 0 Å². The predicted octanol–water partition coefficient (Wildman–Crippen LogP) is 13.3. The summed E-state index contributed by atoms with van der Waals surface area (Å²) in [6.45, 7) is 3.26. The minimum atomic E-state index is -0.760. The highest BCUT2D eigenvalue weighted by atomic mass is 32.1. The number of fused-ring (bicyclic) bond motifs is 6. The van der Waals surface area contributed by atoms with Gasteiger partial charge in [-0.2, -0.15) is 0 Å². The lowest BCUT2D eigenvalue weighted by molar-refractivity contribution is 0.0236. The van der Waals surface area contributed by atoms with E-state index in [1.54, 1.807) is 62.4 Å². The number of carbonyl (C=O) groups is 8. The Balaban J connectivity index is 0.620. The Morgan fingerprint density at radius 1 is 0.329 bits per heavy atom. The van der Waals surface area contributed by atoms with Crippen LogP contribution in [0, 0.1) is 0 Å². The quantitative estimate of drug-likeness (QED) is 0.0801. The van der Waals surface area contributed by atoms with Crippen molar-refractivity contribution in [2.24, 2.45) is 0 Å². The van der Waals surface area contributed by atoms with Crippen LogP contribution in [0.3, 0.4) is 0 Å². The van der Waals surface area contributed by atoms with Crippen molar-refractivity contribution in [3.63, 3.8) is 0 Å². The molecule has 4 aliphatic rings. The molecule has 0 aliphatic carbocycles. The minimum absolute atomic E-state index is 0.0922. The minimum Gasteiger partial charge on any atom is -0.377 e. The fourth-order valence-corrected chi connectivity index (χ4v) is 16.1. The normalized spacial score (nSPS) is 16.0. The van der Waals surface area contributed by atoms with Gasteiger partial charge in [0.2, 0.25) is 10.3 Å². The second-order valence-corrected chi connectivity index (χ2v) is 24.3. The maximum Gasteiger partial charge on any atom is 0.267 e. The Bertz CT molecular complexity index is 4980. The Hall–Kier alpha value is -10.5. The van der Waals surface area contributed by atoms with Crippen molar-refractivity contribution in [1.82, 2.24) is 19.8 Å². The van der Waals surface area contributed by atoms with E-state index < -0.39 is 59.3 Å². The predicted molar refractivity (Wildman–Crippen MR) is 328 cm³/mol. The van der Waals surface area contributed by atoms with Crippen molar-refractivity contribution in [2.75, 3.05) is 23.0 Å². The van der Waals surface area contributed by atoms with E-state index in [-0.39, 0.29) is 13.2 Å². The number of benzene rings is 12. The largest absolute Gasteiger partial charge is 0.377 e. The Morgan fingerprint density at radius 2 is 0.576 bits per heavy atom. The third-order valence-corrected chi connectivity index (χ3v) is 19.9. The van der Waals surface area contributed by atoms with Gasteiger partial charge in [0.05, 0.1) is 45.7 Å². The summed E-state index contributed by atoms with van der Waals surface area (Å²) < 4.78 is 7.95. The molecular weight excluding hydrogens is 1110 g/mol. The van der Waals surface area contributed by atoms with E-state index >= 15 is 0 Å². The van der Waals surface area contributed by atoms with Crippen molar-refractivity contribution in [2.45, 2.75) is 25.9 Å². The summed E-state index contributed by atoms with van der Waals surface area (Å²) >= 11 is 2.56. The summed E-state index contributed by atoms with van der Waals surface area (Å²) in [5.74, 6) is -3.85. The third kappa shape index (κ3) is 6.04. The number of rotatable bonds is 8. The first-order chi connectivity index (χ1) is 41.4. The van der Waals surface area contributed by atoms with Gasteiger partial charge in [-0.15, -0.1) is 0 Å². The first-order valence-corrected chi connectivity index (χ1v) is 29.2. The molecule has 0 spiro atoms. The van der Waals surface area contributed by atoms with E-state index in [4.69, 9.17) is 4.74 Å². The van der Waals surface area contributed by atoms with Crippen LogP contribution in [-0.2, 0) is 4.74 Å². The molecule has 8 amide bonds. The third-order valence-electron chi connectivity index (χ3n) is 17.9. The van der Waals surface area contributed by atoms with Crippen LogP contribution in [0.1, 0.15) is 96.7 Å². The fourth-order valence-electron chi connectivity index (χ4n) is 14.2. The SMILES string of the molecule is CC(COCC(C)N1C(=O)c2ccc3c4ccc5c6c(ccc(c7ccc(c2c37)C1=O)c64)C(=O)N(c1nc2ccccc2s1)C5=O)N1C(=O)c2ccc3c4ccc5c6c(ccc(c7ccc(c2c37)C1=O)c64)C(=O)N(c1nc2ccccc2s1)C5=O. The highest BCUT2D eigenvalue weighted by molar-refractivity contribution is 7.23. The molecule has 4 aliphatic heterocycles. The monoisotopic (exact) mass is 1140 g/mol. The maximum absolute atomic E-state index is 14.7. The number of thiazole rings is 2. The van der Waals surface area contributed by atoms with Gasteiger partial charge in [-0.05, 0) is 151 Å². The summed E-state index contributed by atoms with van der Waals surface area (Å²) in [6, 6.07) is 42.3. The summed E-state index contributed by atoms with van der Waals surface area (Å²) in [7, 11) is 0. The van der Waals surface area contributed by atoms with Gasteiger partial charge in [0, 0.05) is 66.1 Å². The fraction of sp³-hybridized carbons (Fsp3) is 0.0882. The number of nitrogens with zero attached hydrogens (tertiary/aromatic N) is 6. The Morgan fingerprint density at radius 3 is 0.835 bits per heavy atom. The molecule has 0 bridgehead atoms. The summed E-state index contributed by atoms with van der Waals surface area (Å²) in [6.07, 6.45) is 0. The number of amides is 8. The van der Waals surface area contributed by atoms with Crippen molar-refractivity contribution < 1.29 is 43.1 Å². The number of para-hydroxylation sites is 2. The molecule has 0 fully saturated rings. The molecule has 2 unspecified atom stereocenters. The average molecular weight is 1150 g/mol. The standard InChI is InChI=1S/C68H36N6O9S2/c1-29(71-59(75)39-19-11-31-35-15-23-43-57-44(64(80)73(63(43)79)67-69-47-7-3-5-9-49(47)84-67)24-16-36(53(35)57)32-12-20-40(60(71)76)55(39)51(31)32)27-83-28-30(2)72-61(77)41-21-13-33-37-17-25-45-58-46(66(82)74(65(45)81)68-70-48-8-4-6-10-50(48)85-68)26-18-38(54(37)58)34-14-22-42(62(72)78)56(41)52(33)34/h3-26,29-30H,27-28H2,1-2H3. The molecular formula is C68H36N6O9S2. The van der Waals surface area contributed by atoms with E-state index in [9.17, 15) is 38.4 Å². The van der Waals surface area contributed by atoms with E-state index in [1.165, 1.54) is 32.5 Å². The van der Waals surface area contributed by atoms with E-state index in [2.05, 4.69) is 9.97 Å². The summed E-state index contributed by atoms with van der Waals surface area (Å²) in [5, 5.41) is 11.8. The maximum atomic E-state index is 14.7. The summed E-state index contributed by atoms with van der Waals surface area (Å²) in [5.41, 5.74) is 4.25. The lowest BCUT2D eigenvalue weighted by Gasteiger charge is -2.34. The van der Waals surface area contributed by atoms with E-state index in [0.717, 1.165) is 83.8 Å². The van der Waals surface area contributed by atoms with Crippen molar-refractivity contribution >= 4 is 187 Å². The molecule has 2 aromatic heterocycles. The molecule has 404 valence electrons. The first kappa shape index (κ1) is 48.1. The lowest BCUT2D eigenvalue weighted by Crippen LogP contribution is -2.49. The van der Waals surface area contributed by atoms with Gasteiger partial charge in [0.15, 0.2) is 0 Å². The van der Waals surface area contributed by atoms with Crippen molar-refractivity contribution in [1.29, 1.82) is 0 Å². The molecule has 2 atom stereocenters. The van der Waals surface area contributed by atoms with Crippen LogP contribution >= 0.6 is 22.7 Å². The number of imide groups is 4. The zero-order chi connectivity index (χ0) is 57.3. The number of aromatic nitrogens is 2. The van der Waals surface area contributed by atoms with Crippen molar-refractivity contribution in [3.05, 3.63) is 190 Å². The number of hydrogen-bond acceptors (Lipinski definition) is 13. The van der Waals surface area contributed by atoms with Crippen LogP contribution in [0.4, 0.5) is 10.3 Å². The van der Waals surface area contributed by atoms with Crippen LogP contribution in [0.15, 0.2) is 146 Å². The van der Waals surface area contributed by atoms with Gasteiger partial charge in [-0.3, -0.25) is 48.2 Å². The van der Waals surface area contributed by atoms with Crippen molar-refractivity contribution in [3.8, 4) is 0 Å². The second-order valence-electron chi connectivity index (χ2n) is 22.3. The van der Waals surface area contributed by atoms with E-state index in [0.29, 0.717) is 87.3 Å². The zero-order valence-electron chi connectivity index (χ0n) is 44.6. The van der Waals surface area contributed by atoms with Crippen LogP contribution in [-0.4, -0.2) is 92.3 Å². The molecule has 85 heavy (non-hydrogen) atoms. The molecule has 15 nitrogen and oxygen atoms in total. The molecule has 12 aromatic carbocycles. The molecule has 17 heteroatoms. The molecule has 0 N–H and O–H groups in total. The number of ether oxygens (including phenoxy) is 1. The molecule has 0 radical (unpaired) electrons. The van der Waals surface area contributed by atoms with Crippen LogP contribution in [0.2, 0.25) is 0 Å². The highest BCUT2D eigenvalue weighted by Gasteiger charge is 2.43. The molecule has 6 heterocycles. The smallest absolute Gasteiger partial charge is 0.267 e. The molecule has 18 rings (SSSR count). The second kappa shape index (κ2) is 16.6. The van der Waals surface area contributed by atoms with Gasteiger partial charge < -0.3 is 4.74 Å². The number of hydrogen-bond donors (Lipinski definition) is 0. The zero-order valence-corrected chi connectivity index (χ0v) is 46.2. The number of carbonyl (C=O) groups excluding carboxylic acids is 8. The van der Waals surface area contributed by atoms with Gasteiger partial charge in [-0.1, -0.05) is 95.5 Å². The molecule has 14 aromatic rings. The Labute approximate surface area is 486 Å². The lowest BCUT2D eigenvalue weighted by atomic mass is 9.82. The average Bonchev–Trinajstić information content (AvgIpc) is 0.924. The van der Waals surface area contributed by atoms with Crippen LogP contribution in [0.25, 0.3) is 107 Å². The van der Waals surface area contributed by atoms with E-state index in [1.807, 2.05) is 97.1 Å². The Kier molecular flexibility index (Phi) is 9.41. The van der Waals surface area contributed by atoms with Gasteiger partial charge >= 0.3 is 0 Å². The first-order valence-electron chi connectivity index (χ1n) is 27.6. The number of anilines is 2. The molecule has 0 saturated heterocycles.